The van der Waals surface area contributed by atoms with Gasteiger partial charge in [-0.1, -0.05) is 13.3 Å². The highest BCUT2D eigenvalue weighted by Gasteiger charge is 2.10. The van der Waals surface area contributed by atoms with Crippen LogP contribution < -0.4 is 5.32 Å². The maximum absolute atomic E-state index is 10.6. The highest BCUT2D eigenvalue weighted by atomic mass is 32.2. The molecule has 2 atom stereocenters. The summed E-state index contributed by atoms with van der Waals surface area (Å²) < 4.78 is 0. The SMILES string of the molecule is CSCCNC(C)CCCC(C)C(=O)O. The zero-order chi connectivity index (χ0) is 11.7. The first-order chi connectivity index (χ1) is 7.07. The second kappa shape index (κ2) is 9.04. The molecule has 2 N–H and O–H groups in total. The largest absolute Gasteiger partial charge is 0.481 e. The second-order valence-electron chi connectivity index (χ2n) is 4.02. The quantitative estimate of drug-likeness (QED) is 0.600. The van der Waals surface area contributed by atoms with Crippen molar-refractivity contribution in [3.8, 4) is 0 Å². The molecule has 0 amide bonds. The molecule has 0 saturated carbocycles. The fraction of sp³-hybridized carbons (Fsp3) is 0.909. The Morgan fingerprint density at radius 3 is 2.60 bits per heavy atom. The van der Waals surface area contributed by atoms with Gasteiger partial charge in [-0.15, -0.1) is 0 Å². The highest BCUT2D eigenvalue weighted by Crippen LogP contribution is 2.09. The van der Waals surface area contributed by atoms with Gasteiger partial charge < -0.3 is 10.4 Å². The van der Waals surface area contributed by atoms with Crippen LogP contribution in [0.5, 0.6) is 0 Å². The molecule has 0 aromatic heterocycles. The molecule has 4 heteroatoms. The van der Waals surface area contributed by atoms with E-state index >= 15 is 0 Å². The first-order valence-electron chi connectivity index (χ1n) is 5.53. The lowest BCUT2D eigenvalue weighted by Gasteiger charge is -2.13. The molecule has 0 aromatic rings. The lowest BCUT2D eigenvalue weighted by Crippen LogP contribution is -2.28. The average molecular weight is 233 g/mol. The van der Waals surface area contributed by atoms with Gasteiger partial charge in [-0.05, 0) is 26.0 Å². The number of carboxylic acid groups (broad SMARTS) is 1. The Kier molecular flexibility index (Phi) is 8.91. The number of aliphatic carboxylic acids is 1. The Hall–Kier alpha value is -0.220. The molecule has 0 aliphatic heterocycles. The Balaban J connectivity index is 3.38. The van der Waals surface area contributed by atoms with Gasteiger partial charge in [0.25, 0.3) is 0 Å². The van der Waals surface area contributed by atoms with Crippen molar-refractivity contribution in [2.45, 2.75) is 39.2 Å². The van der Waals surface area contributed by atoms with E-state index in [2.05, 4.69) is 18.5 Å². The van der Waals surface area contributed by atoms with Crippen LogP contribution in [0.3, 0.4) is 0 Å². The zero-order valence-corrected chi connectivity index (χ0v) is 10.8. The predicted molar refractivity (Wildman–Crippen MR) is 66.5 cm³/mol. The minimum atomic E-state index is -0.682. The van der Waals surface area contributed by atoms with E-state index in [1.165, 1.54) is 0 Å². The van der Waals surface area contributed by atoms with E-state index < -0.39 is 5.97 Å². The molecule has 0 aliphatic rings. The smallest absolute Gasteiger partial charge is 0.306 e. The van der Waals surface area contributed by atoms with Gasteiger partial charge in [-0.2, -0.15) is 11.8 Å². The van der Waals surface area contributed by atoms with Gasteiger partial charge in [-0.25, -0.2) is 0 Å². The van der Waals surface area contributed by atoms with Crippen LogP contribution in [0.1, 0.15) is 33.1 Å². The number of hydrogen-bond acceptors (Lipinski definition) is 3. The summed E-state index contributed by atoms with van der Waals surface area (Å²) in [6.07, 6.45) is 4.93. The molecule has 3 nitrogen and oxygen atoms in total. The van der Waals surface area contributed by atoms with Crippen LogP contribution in [-0.2, 0) is 4.79 Å². The van der Waals surface area contributed by atoms with Gasteiger partial charge in [0, 0.05) is 18.3 Å². The summed E-state index contributed by atoms with van der Waals surface area (Å²) in [7, 11) is 0. The summed E-state index contributed by atoms with van der Waals surface area (Å²) in [6, 6.07) is 0.498. The fourth-order valence-electron chi connectivity index (χ4n) is 1.36. The van der Waals surface area contributed by atoms with Crippen molar-refractivity contribution < 1.29 is 9.90 Å². The van der Waals surface area contributed by atoms with E-state index in [0.717, 1.165) is 31.6 Å². The Morgan fingerprint density at radius 2 is 2.07 bits per heavy atom. The molecule has 0 fully saturated rings. The average Bonchev–Trinajstić information content (AvgIpc) is 2.18. The van der Waals surface area contributed by atoms with Gasteiger partial charge in [-0.3, -0.25) is 4.79 Å². The van der Waals surface area contributed by atoms with Crippen LogP contribution in [0.2, 0.25) is 0 Å². The van der Waals surface area contributed by atoms with Gasteiger partial charge >= 0.3 is 5.97 Å². The van der Waals surface area contributed by atoms with Gasteiger partial charge in [0.1, 0.15) is 0 Å². The minimum Gasteiger partial charge on any atom is -0.481 e. The van der Waals surface area contributed by atoms with Gasteiger partial charge in [0.2, 0.25) is 0 Å². The summed E-state index contributed by atoms with van der Waals surface area (Å²) in [4.78, 5) is 10.6. The molecule has 0 aliphatic carbocycles. The van der Waals surface area contributed by atoms with Crippen LogP contribution in [0.4, 0.5) is 0 Å². The lowest BCUT2D eigenvalue weighted by molar-refractivity contribution is -0.141. The number of carbonyl (C=O) groups is 1. The molecule has 0 radical (unpaired) electrons. The minimum absolute atomic E-state index is 0.205. The normalized spacial score (nSPS) is 14.9. The predicted octanol–water partition coefficient (Wildman–Crippen LogP) is 2.22. The molecule has 90 valence electrons. The number of hydrogen-bond donors (Lipinski definition) is 2. The third-order valence-corrected chi connectivity index (χ3v) is 3.11. The molecule has 0 rings (SSSR count). The van der Waals surface area contributed by atoms with Crippen molar-refractivity contribution in [2.75, 3.05) is 18.6 Å². The van der Waals surface area contributed by atoms with E-state index in [0.29, 0.717) is 6.04 Å². The number of nitrogens with one attached hydrogen (secondary N) is 1. The summed E-state index contributed by atoms with van der Waals surface area (Å²) in [5.74, 6) is 0.247. The topological polar surface area (TPSA) is 49.3 Å². The summed E-state index contributed by atoms with van der Waals surface area (Å²) >= 11 is 1.84. The maximum Gasteiger partial charge on any atom is 0.306 e. The Labute approximate surface area is 97.0 Å². The first-order valence-corrected chi connectivity index (χ1v) is 6.92. The zero-order valence-electron chi connectivity index (χ0n) is 9.95. The van der Waals surface area contributed by atoms with Crippen molar-refractivity contribution in [3.05, 3.63) is 0 Å². The molecule has 15 heavy (non-hydrogen) atoms. The molecule has 0 spiro atoms. The molecule has 0 heterocycles. The summed E-state index contributed by atoms with van der Waals surface area (Å²) in [5, 5.41) is 12.1. The number of carboxylic acids is 1. The van der Waals surface area contributed by atoms with Crippen molar-refractivity contribution >= 4 is 17.7 Å². The van der Waals surface area contributed by atoms with Crippen molar-refractivity contribution in [1.82, 2.24) is 5.32 Å². The Bertz CT molecular complexity index is 176. The van der Waals surface area contributed by atoms with Crippen LogP contribution in [0.25, 0.3) is 0 Å². The monoisotopic (exact) mass is 233 g/mol. The van der Waals surface area contributed by atoms with E-state index in [1.54, 1.807) is 6.92 Å². The van der Waals surface area contributed by atoms with Gasteiger partial charge in [0.15, 0.2) is 0 Å². The van der Waals surface area contributed by atoms with Crippen LogP contribution in [-0.4, -0.2) is 35.7 Å². The molecule has 2 unspecified atom stereocenters. The van der Waals surface area contributed by atoms with Crippen LogP contribution >= 0.6 is 11.8 Å². The number of rotatable bonds is 9. The maximum atomic E-state index is 10.6. The highest BCUT2D eigenvalue weighted by molar-refractivity contribution is 7.98. The van der Waals surface area contributed by atoms with Crippen LogP contribution in [0.15, 0.2) is 0 Å². The fourth-order valence-corrected chi connectivity index (χ4v) is 1.69. The lowest BCUT2D eigenvalue weighted by atomic mass is 10.0. The van der Waals surface area contributed by atoms with Crippen molar-refractivity contribution in [3.63, 3.8) is 0 Å². The van der Waals surface area contributed by atoms with Gasteiger partial charge in [0.05, 0.1) is 5.92 Å². The number of thioether (sulfide) groups is 1. The van der Waals surface area contributed by atoms with E-state index in [4.69, 9.17) is 5.11 Å². The van der Waals surface area contributed by atoms with Crippen molar-refractivity contribution in [2.24, 2.45) is 5.92 Å². The molecule has 0 saturated heterocycles. The summed E-state index contributed by atoms with van der Waals surface area (Å²) in [6.45, 7) is 4.97. The second-order valence-corrected chi connectivity index (χ2v) is 5.00. The van der Waals surface area contributed by atoms with E-state index in [-0.39, 0.29) is 5.92 Å². The molecule has 0 aromatic carbocycles. The molecule has 0 bridgehead atoms. The molecular weight excluding hydrogens is 210 g/mol. The van der Waals surface area contributed by atoms with Crippen LogP contribution in [0, 0.1) is 5.92 Å². The third kappa shape index (κ3) is 8.75. The summed E-state index contributed by atoms with van der Waals surface area (Å²) in [5.41, 5.74) is 0. The van der Waals surface area contributed by atoms with E-state index in [9.17, 15) is 4.79 Å². The third-order valence-electron chi connectivity index (χ3n) is 2.49. The standard InChI is InChI=1S/C11H23NO2S/c1-9(11(13)14)5-4-6-10(2)12-7-8-15-3/h9-10,12H,4-8H2,1-3H3,(H,13,14). The van der Waals surface area contributed by atoms with E-state index in [1.807, 2.05) is 11.8 Å². The molecular formula is C11H23NO2S. The first kappa shape index (κ1) is 14.8. The van der Waals surface area contributed by atoms with Crippen molar-refractivity contribution in [1.29, 1.82) is 0 Å². The Morgan fingerprint density at radius 1 is 1.40 bits per heavy atom.